The predicted molar refractivity (Wildman–Crippen MR) is 35.8 cm³/mol. The molecule has 1 rings (SSSR count). The van der Waals surface area contributed by atoms with Gasteiger partial charge in [-0.1, -0.05) is 0 Å². The third-order valence-corrected chi connectivity index (χ3v) is 1.68. The molecule has 1 fully saturated rings. The molecule has 0 bridgehead atoms. The quantitative estimate of drug-likeness (QED) is 0.629. The lowest BCUT2D eigenvalue weighted by molar-refractivity contribution is -0.141. The maximum absolute atomic E-state index is 10.2. The van der Waals surface area contributed by atoms with E-state index in [0.717, 1.165) is 25.9 Å². The van der Waals surface area contributed by atoms with Gasteiger partial charge in [-0.2, -0.15) is 0 Å². The molecule has 0 aliphatic carbocycles. The van der Waals surface area contributed by atoms with Crippen LogP contribution < -0.4 is 0 Å². The molecule has 1 aliphatic heterocycles. The molecule has 0 unspecified atom stereocenters. The van der Waals surface area contributed by atoms with E-state index in [1.54, 1.807) is 0 Å². The molecule has 0 saturated carbocycles. The minimum absolute atomic E-state index is 0.0220. The van der Waals surface area contributed by atoms with Crippen molar-refractivity contribution < 1.29 is 14.6 Å². The van der Waals surface area contributed by atoms with Crippen LogP contribution >= 0.6 is 0 Å². The second-order valence-corrected chi connectivity index (χ2v) is 2.59. The van der Waals surface area contributed by atoms with Crippen LogP contribution in [0.4, 0.5) is 0 Å². The molecular weight excluding hydrogens is 132 g/mol. The van der Waals surface area contributed by atoms with Gasteiger partial charge >= 0.3 is 5.97 Å². The lowest BCUT2D eigenvalue weighted by Crippen LogP contribution is -2.21. The number of carboxylic acid groups (broad SMARTS) is 1. The van der Waals surface area contributed by atoms with Gasteiger partial charge in [-0.15, -0.1) is 0 Å². The molecule has 1 heterocycles. The van der Waals surface area contributed by atoms with Crippen molar-refractivity contribution in [1.29, 1.82) is 0 Å². The zero-order valence-electron chi connectivity index (χ0n) is 5.88. The van der Waals surface area contributed by atoms with Crippen LogP contribution in [0.2, 0.25) is 0 Å². The van der Waals surface area contributed by atoms with E-state index in [1.807, 2.05) is 0 Å². The van der Waals surface area contributed by atoms with Gasteiger partial charge in [0.1, 0.15) is 0 Å². The third-order valence-electron chi connectivity index (χ3n) is 1.68. The second-order valence-electron chi connectivity index (χ2n) is 2.59. The van der Waals surface area contributed by atoms with Crippen molar-refractivity contribution in [3.63, 3.8) is 0 Å². The molecule has 0 spiro atoms. The predicted octanol–water partition coefficient (Wildman–Crippen LogP) is 1.03. The number of hydrogen-bond donors (Lipinski definition) is 1. The Balaban J connectivity index is 2.19. The van der Waals surface area contributed by atoms with Crippen molar-refractivity contribution in [2.45, 2.75) is 31.8 Å². The molecule has 1 N–H and O–H groups in total. The van der Waals surface area contributed by atoms with E-state index in [2.05, 4.69) is 0 Å². The Kier molecular flexibility index (Phi) is 2.68. The van der Waals surface area contributed by atoms with Crippen LogP contribution in [-0.4, -0.2) is 23.8 Å². The molecule has 0 radical (unpaired) electrons. The van der Waals surface area contributed by atoms with Crippen molar-refractivity contribution in [3.05, 3.63) is 0 Å². The van der Waals surface area contributed by atoms with Crippen LogP contribution in [0.1, 0.15) is 25.7 Å². The number of aliphatic carboxylic acids is 1. The zero-order chi connectivity index (χ0) is 7.40. The molecule has 0 amide bonds. The molecular formula is C7H12O3. The van der Waals surface area contributed by atoms with E-state index in [1.165, 1.54) is 0 Å². The van der Waals surface area contributed by atoms with E-state index in [-0.39, 0.29) is 12.5 Å². The highest BCUT2D eigenvalue weighted by atomic mass is 16.5. The number of carbonyl (C=O) groups is 1. The first-order chi connectivity index (χ1) is 4.79. The number of hydrogen-bond acceptors (Lipinski definition) is 2. The Morgan fingerprint density at radius 3 is 2.90 bits per heavy atom. The lowest BCUT2D eigenvalue weighted by Gasteiger charge is -2.20. The summed E-state index contributed by atoms with van der Waals surface area (Å²) < 4.78 is 5.21. The summed E-state index contributed by atoms with van der Waals surface area (Å²) in [6, 6.07) is 0. The molecule has 3 nitrogen and oxygen atoms in total. The molecule has 10 heavy (non-hydrogen) atoms. The van der Waals surface area contributed by atoms with Crippen LogP contribution in [0.15, 0.2) is 0 Å². The molecule has 1 atom stereocenters. The zero-order valence-corrected chi connectivity index (χ0v) is 5.88. The molecule has 0 aromatic carbocycles. The van der Waals surface area contributed by atoms with Crippen LogP contribution in [0.3, 0.4) is 0 Å². The number of rotatable bonds is 2. The maximum atomic E-state index is 10.2. The Bertz CT molecular complexity index is 116. The van der Waals surface area contributed by atoms with Gasteiger partial charge in [0.05, 0.1) is 12.5 Å². The minimum Gasteiger partial charge on any atom is -0.481 e. The first kappa shape index (κ1) is 7.54. The molecule has 0 aromatic rings. The Morgan fingerprint density at radius 2 is 2.40 bits per heavy atom. The fourth-order valence-corrected chi connectivity index (χ4v) is 1.16. The smallest absolute Gasteiger partial charge is 0.305 e. The largest absolute Gasteiger partial charge is 0.481 e. The van der Waals surface area contributed by atoms with Gasteiger partial charge in [-0.25, -0.2) is 0 Å². The van der Waals surface area contributed by atoms with Crippen molar-refractivity contribution in [3.8, 4) is 0 Å². The van der Waals surface area contributed by atoms with Gasteiger partial charge in [-0.05, 0) is 19.3 Å². The number of ether oxygens (including phenoxy) is 1. The standard InChI is InChI=1S/C7H12O3/c8-7(9)5-6-3-1-2-4-10-6/h6H,1-5H2,(H,8,9)/t6-/m0/s1. The number of carboxylic acids is 1. The third kappa shape index (κ3) is 2.35. The highest BCUT2D eigenvalue weighted by Gasteiger charge is 2.16. The van der Waals surface area contributed by atoms with Gasteiger partial charge in [0, 0.05) is 6.61 Å². The van der Waals surface area contributed by atoms with Crippen LogP contribution in [0.25, 0.3) is 0 Å². The van der Waals surface area contributed by atoms with Crippen LogP contribution in [0.5, 0.6) is 0 Å². The van der Waals surface area contributed by atoms with E-state index >= 15 is 0 Å². The van der Waals surface area contributed by atoms with Crippen molar-refractivity contribution >= 4 is 5.97 Å². The fourth-order valence-electron chi connectivity index (χ4n) is 1.16. The summed E-state index contributed by atoms with van der Waals surface area (Å²) in [5.41, 5.74) is 0. The van der Waals surface area contributed by atoms with Gasteiger partial charge in [0.2, 0.25) is 0 Å². The Labute approximate surface area is 60.0 Å². The van der Waals surface area contributed by atoms with Crippen molar-refractivity contribution in [1.82, 2.24) is 0 Å². The first-order valence-corrected chi connectivity index (χ1v) is 3.62. The monoisotopic (exact) mass is 144 g/mol. The summed E-state index contributed by atoms with van der Waals surface area (Å²) in [4.78, 5) is 10.2. The minimum atomic E-state index is -0.757. The fraction of sp³-hybridized carbons (Fsp3) is 0.857. The Hall–Kier alpha value is -0.570. The highest BCUT2D eigenvalue weighted by molar-refractivity contribution is 5.67. The lowest BCUT2D eigenvalue weighted by atomic mass is 10.1. The summed E-state index contributed by atoms with van der Waals surface area (Å²) >= 11 is 0. The summed E-state index contributed by atoms with van der Waals surface area (Å²) in [7, 11) is 0. The molecule has 0 aromatic heterocycles. The summed E-state index contributed by atoms with van der Waals surface area (Å²) in [5.74, 6) is -0.757. The normalized spacial score (nSPS) is 26.2. The van der Waals surface area contributed by atoms with Crippen LogP contribution in [0, 0.1) is 0 Å². The molecule has 1 aliphatic rings. The SMILES string of the molecule is O=C(O)C[C@@H]1CCCCO1. The molecule has 3 heteroatoms. The highest BCUT2D eigenvalue weighted by Crippen LogP contribution is 2.14. The van der Waals surface area contributed by atoms with Gasteiger partial charge < -0.3 is 9.84 Å². The van der Waals surface area contributed by atoms with Crippen molar-refractivity contribution in [2.24, 2.45) is 0 Å². The van der Waals surface area contributed by atoms with Gasteiger partial charge in [0.25, 0.3) is 0 Å². The van der Waals surface area contributed by atoms with E-state index in [9.17, 15) is 4.79 Å². The second kappa shape index (κ2) is 3.56. The topological polar surface area (TPSA) is 46.5 Å². The molecule has 58 valence electrons. The molecule has 1 saturated heterocycles. The van der Waals surface area contributed by atoms with Crippen molar-refractivity contribution in [2.75, 3.05) is 6.61 Å². The summed E-state index contributed by atoms with van der Waals surface area (Å²) in [6.45, 7) is 0.734. The first-order valence-electron chi connectivity index (χ1n) is 3.62. The maximum Gasteiger partial charge on any atom is 0.305 e. The van der Waals surface area contributed by atoms with Gasteiger partial charge in [-0.3, -0.25) is 4.79 Å². The van der Waals surface area contributed by atoms with E-state index in [0.29, 0.717) is 0 Å². The van der Waals surface area contributed by atoms with E-state index < -0.39 is 5.97 Å². The van der Waals surface area contributed by atoms with Gasteiger partial charge in [0.15, 0.2) is 0 Å². The van der Waals surface area contributed by atoms with Crippen LogP contribution in [-0.2, 0) is 9.53 Å². The van der Waals surface area contributed by atoms with E-state index in [4.69, 9.17) is 9.84 Å². The average Bonchev–Trinajstić information content (AvgIpc) is 1.88. The average molecular weight is 144 g/mol. The Morgan fingerprint density at radius 1 is 1.60 bits per heavy atom. The summed E-state index contributed by atoms with van der Waals surface area (Å²) in [5, 5.41) is 8.39. The summed E-state index contributed by atoms with van der Waals surface area (Å²) in [6.07, 6.45) is 3.24.